The van der Waals surface area contributed by atoms with Crippen LogP contribution in [0.1, 0.15) is 25.7 Å². The summed E-state index contributed by atoms with van der Waals surface area (Å²) in [5.41, 5.74) is 5.22. The molecule has 0 heterocycles. The van der Waals surface area contributed by atoms with Gasteiger partial charge in [-0.1, -0.05) is 25.1 Å². The van der Waals surface area contributed by atoms with Crippen molar-refractivity contribution in [3.05, 3.63) is 0 Å². The highest BCUT2D eigenvalue weighted by molar-refractivity contribution is 7.80. The number of carbonyl (C=O) groups is 2. The van der Waals surface area contributed by atoms with Gasteiger partial charge in [-0.05, 0) is 26.9 Å². The van der Waals surface area contributed by atoms with E-state index in [1.54, 1.807) is 0 Å². The van der Waals surface area contributed by atoms with Crippen LogP contribution in [0.2, 0.25) is 0 Å². The molecule has 0 aromatic heterocycles. The molecule has 1 aliphatic rings. The Bertz CT molecular complexity index is 365. The summed E-state index contributed by atoms with van der Waals surface area (Å²) < 4.78 is 0. The summed E-state index contributed by atoms with van der Waals surface area (Å²) in [4.78, 5) is 25.4. The average molecular weight is 286 g/mol. The summed E-state index contributed by atoms with van der Waals surface area (Å²) in [6, 6.07) is 0. The van der Waals surface area contributed by atoms with Gasteiger partial charge < -0.3 is 21.3 Å². The van der Waals surface area contributed by atoms with E-state index in [2.05, 4.69) is 27.8 Å². The summed E-state index contributed by atoms with van der Waals surface area (Å²) in [6.45, 7) is 0.528. The summed E-state index contributed by atoms with van der Waals surface area (Å²) in [5, 5.41) is 5.06. The van der Waals surface area contributed by atoms with Crippen molar-refractivity contribution in [2.24, 2.45) is 5.73 Å². The summed E-state index contributed by atoms with van der Waals surface area (Å²) in [6.07, 6.45) is 4.38. The van der Waals surface area contributed by atoms with Gasteiger partial charge in [-0.2, -0.15) is 0 Å². The van der Waals surface area contributed by atoms with Crippen molar-refractivity contribution < 1.29 is 9.59 Å². The fraction of sp³-hybridized carbons (Fsp3) is 0.750. The monoisotopic (exact) mass is 286 g/mol. The van der Waals surface area contributed by atoms with Gasteiger partial charge in [-0.15, -0.1) is 0 Å². The molecule has 0 aromatic rings. The smallest absolute Gasteiger partial charge is 0.309 e. The first kappa shape index (κ1) is 15.8. The predicted octanol–water partition coefficient (Wildman–Crippen LogP) is -0.621. The zero-order valence-corrected chi connectivity index (χ0v) is 12.3. The quantitative estimate of drug-likeness (QED) is 0.463. The van der Waals surface area contributed by atoms with E-state index >= 15 is 0 Å². The highest BCUT2D eigenvalue weighted by Crippen LogP contribution is 2.32. The first-order chi connectivity index (χ1) is 8.87. The zero-order chi connectivity index (χ0) is 14.5. The number of nitrogens with one attached hydrogen (secondary N) is 2. The van der Waals surface area contributed by atoms with Gasteiger partial charge in [-0.25, -0.2) is 0 Å². The van der Waals surface area contributed by atoms with Crippen LogP contribution in [0.3, 0.4) is 0 Å². The number of nitrogens with two attached hydrogens (primary N) is 1. The fourth-order valence-corrected chi connectivity index (χ4v) is 2.46. The Morgan fingerprint density at radius 3 is 2.21 bits per heavy atom. The van der Waals surface area contributed by atoms with Crippen LogP contribution in [-0.4, -0.2) is 54.4 Å². The number of likely N-dealkylation sites (N-methyl/N-ethyl adjacent to an activating group) is 1. The lowest BCUT2D eigenvalue weighted by atomic mass is 9.96. The van der Waals surface area contributed by atoms with Crippen LogP contribution in [-0.2, 0) is 9.59 Å². The number of hydrogen-bond donors (Lipinski definition) is 3. The Morgan fingerprint density at radius 2 is 1.74 bits per heavy atom. The van der Waals surface area contributed by atoms with Crippen LogP contribution in [0, 0.1) is 0 Å². The topological polar surface area (TPSA) is 87.5 Å². The van der Waals surface area contributed by atoms with Gasteiger partial charge in [0.2, 0.25) is 0 Å². The fourth-order valence-electron chi connectivity index (χ4n) is 2.39. The third-order valence-electron chi connectivity index (χ3n) is 3.69. The Morgan fingerprint density at radius 1 is 1.21 bits per heavy atom. The minimum atomic E-state index is -0.695. The third-order valence-corrected chi connectivity index (χ3v) is 3.83. The largest absolute Gasteiger partial charge is 0.392 e. The lowest BCUT2D eigenvalue weighted by molar-refractivity contribution is -0.139. The second-order valence-corrected chi connectivity index (χ2v) is 5.68. The second kappa shape index (κ2) is 6.81. The van der Waals surface area contributed by atoms with Crippen LogP contribution >= 0.6 is 12.2 Å². The molecule has 0 spiro atoms. The van der Waals surface area contributed by atoms with Gasteiger partial charge in [0.15, 0.2) is 0 Å². The molecule has 108 valence electrons. The van der Waals surface area contributed by atoms with Crippen LogP contribution in [0.5, 0.6) is 0 Å². The van der Waals surface area contributed by atoms with Crippen LogP contribution in [0.15, 0.2) is 0 Å². The van der Waals surface area contributed by atoms with Gasteiger partial charge in [0, 0.05) is 12.1 Å². The van der Waals surface area contributed by atoms with Crippen molar-refractivity contribution in [3.63, 3.8) is 0 Å². The maximum atomic E-state index is 11.7. The Hall–Kier alpha value is -1.21. The van der Waals surface area contributed by atoms with Crippen LogP contribution in [0.4, 0.5) is 0 Å². The Balaban J connectivity index is 2.44. The van der Waals surface area contributed by atoms with Crippen molar-refractivity contribution in [3.8, 4) is 0 Å². The van der Waals surface area contributed by atoms with Crippen molar-refractivity contribution in [2.45, 2.75) is 31.2 Å². The van der Waals surface area contributed by atoms with Gasteiger partial charge in [0.1, 0.15) is 0 Å². The molecule has 19 heavy (non-hydrogen) atoms. The molecule has 0 radical (unpaired) electrons. The molecule has 0 aromatic carbocycles. The summed E-state index contributed by atoms with van der Waals surface area (Å²) in [5.74, 6) is -1.33. The minimum Gasteiger partial charge on any atom is -0.392 e. The molecular formula is C12H22N4O2S. The molecule has 1 aliphatic carbocycles. The van der Waals surface area contributed by atoms with Crippen LogP contribution in [0.25, 0.3) is 0 Å². The van der Waals surface area contributed by atoms with E-state index in [0.717, 1.165) is 25.7 Å². The molecule has 0 saturated heterocycles. The third kappa shape index (κ3) is 4.43. The van der Waals surface area contributed by atoms with Crippen molar-refractivity contribution in [2.75, 3.05) is 27.2 Å². The number of hydrogen-bond acceptors (Lipinski definition) is 4. The van der Waals surface area contributed by atoms with E-state index in [9.17, 15) is 9.59 Å². The number of thiocarbonyl (C=S) groups is 1. The molecule has 7 heteroatoms. The van der Waals surface area contributed by atoms with Crippen molar-refractivity contribution >= 4 is 29.0 Å². The van der Waals surface area contributed by atoms with E-state index in [4.69, 9.17) is 5.73 Å². The Labute approximate surface area is 119 Å². The number of rotatable bonds is 5. The zero-order valence-electron chi connectivity index (χ0n) is 11.5. The SMILES string of the molecule is CN(C)C1(CNC(=O)C(=O)NCC(N)=S)CCCC1. The summed E-state index contributed by atoms with van der Waals surface area (Å²) in [7, 11) is 4.01. The molecule has 0 aliphatic heterocycles. The minimum absolute atomic E-state index is 0.0287. The maximum absolute atomic E-state index is 11.7. The number of nitrogens with zero attached hydrogens (tertiary/aromatic N) is 1. The first-order valence-corrected chi connectivity index (χ1v) is 6.80. The van der Waals surface area contributed by atoms with Crippen molar-refractivity contribution in [1.82, 2.24) is 15.5 Å². The second-order valence-electron chi connectivity index (χ2n) is 5.16. The van der Waals surface area contributed by atoms with E-state index in [0.29, 0.717) is 6.54 Å². The molecule has 0 unspecified atom stereocenters. The van der Waals surface area contributed by atoms with Crippen LogP contribution < -0.4 is 16.4 Å². The standard InChI is InChI=1S/C12H22N4O2S/c1-16(2)12(5-3-4-6-12)8-15-11(18)10(17)14-7-9(13)19/h3-8H2,1-2H3,(H2,13,19)(H,14,17)(H,15,18). The van der Waals surface area contributed by atoms with E-state index in [1.165, 1.54) is 0 Å². The highest BCUT2D eigenvalue weighted by Gasteiger charge is 2.36. The maximum Gasteiger partial charge on any atom is 0.309 e. The molecule has 2 amide bonds. The molecule has 1 fully saturated rings. The lowest BCUT2D eigenvalue weighted by Gasteiger charge is -2.36. The predicted molar refractivity (Wildman–Crippen MR) is 77.7 cm³/mol. The normalized spacial score (nSPS) is 17.2. The van der Waals surface area contributed by atoms with Crippen molar-refractivity contribution in [1.29, 1.82) is 0 Å². The molecule has 0 bridgehead atoms. The van der Waals surface area contributed by atoms with Gasteiger partial charge in [0.25, 0.3) is 0 Å². The molecule has 0 atom stereocenters. The van der Waals surface area contributed by atoms with Gasteiger partial charge in [-0.3, -0.25) is 9.59 Å². The summed E-state index contributed by atoms with van der Waals surface area (Å²) >= 11 is 4.63. The first-order valence-electron chi connectivity index (χ1n) is 6.39. The van der Waals surface area contributed by atoms with Gasteiger partial charge >= 0.3 is 11.8 Å². The highest BCUT2D eigenvalue weighted by atomic mass is 32.1. The van der Waals surface area contributed by atoms with E-state index in [-0.39, 0.29) is 17.1 Å². The van der Waals surface area contributed by atoms with E-state index < -0.39 is 11.8 Å². The Kier molecular flexibility index (Phi) is 5.68. The van der Waals surface area contributed by atoms with E-state index in [1.807, 2.05) is 14.1 Å². The molecular weight excluding hydrogens is 264 g/mol. The molecule has 4 N–H and O–H groups in total. The number of amides is 2. The molecule has 6 nitrogen and oxygen atoms in total. The molecule has 1 saturated carbocycles. The van der Waals surface area contributed by atoms with Gasteiger partial charge in [0.05, 0.1) is 11.5 Å². The lowest BCUT2D eigenvalue weighted by Crippen LogP contribution is -2.53. The number of carbonyl (C=O) groups excluding carboxylic acids is 2. The molecule has 1 rings (SSSR count). The average Bonchev–Trinajstić information content (AvgIpc) is 2.83.